The van der Waals surface area contributed by atoms with Crippen molar-refractivity contribution in [3.05, 3.63) is 182 Å². The lowest BCUT2D eigenvalue weighted by molar-refractivity contribution is 1.58. The summed E-state index contributed by atoms with van der Waals surface area (Å²) in [6.45, 7) is 0. The largest absolute Gasteiger partial charge is 0.0622 e. The van der Waals surface area contributed by atoms with Crippen molar-refractivity contribution < 1.29 is 0 Å². The Labute approximate surface area is 258 Å². The summed E-state index contributed by atoms with van der Waals surface area (Å²) in [5, 5.41) is 5.07. The van der Waals surface area contributed by atoms with Crippen molar-refractivity contribution in [1.29, 1.82) is 0 Å². The van der Waals surface area contributed by atoms with Crippen LogP contribution < -0.4 is 0 Å². The third kappa shape index (κ3) is 4.58. The molecule has 0 atom stereocenters. The number of benzene rings is 8. The molecule has 0 aromatic heterocycles. The number of hydrogen-bond acceptors (Lipinski definition) is 0. The van der Waals surface area contributed by atoms with Gasteiger partial charge in [0.25, 0.3) is 0 Å². The third-order valence-corrected chi connectivity index (χ3v) is 8.71. The normalized spacial score (nSPS) is 11.2. The van der Waals surface area contributed by atoms with Gasteiger partial charge in [0.05, 0.1) is 0 Å². The van der Waals surface area contributed by atoms with E-state index < -0.39 is 0 Å². The first-order chi connectivity index (χ1) is 21.8. The van der Waals surface area contributed by atoms with Crippen molar-refractivity contribution in [3.63, 3.8) is 0 Å². The summed E-state index contributed by atoms with van der Waals surface area (Å²) in [5.41, 5.74) is 12.4. The molecule has 0 nitrogen and oxygen atoms in total. The summed E-state index contributed by atoms with van der Waals surface area (Å²) in [4.78, 5) is 0. The first kappa shape index (κ1) is 25.9. The molecule has 0 heteroatoms. The van der Waals surface area contributed by atoms with E-state index in [1.807, 2.05) is 0 Å². The van der Waals surface area contributed by atoms with E-state index in [-0.39, 0.29) is 0 Å². The van der Waals surface area contributed by atoms with Gasteiger partial charge in [0.2, 0.25) is 0 Å². The van der Waals surface area contributed by atoms with Crippen LogP contribution in [0.4, 0.5) is 0 Å². The number of rotatable bonds is 5. The maximum Gasteiger partial charge on any atom is -0.00201 e. The van der Waals surface area contributed by atoms with Crippen LogP contribution in [0.2, 0.25) is 0 Å². The van der Waals surface area contributed by atoms with E-state index in [0.29, 0.717) is 0 Å². The van der Waals surface area contributed by atoms with Gasteiger partial charge in [-0.3, -0.25) is 0 Å². The second kappa shape index (κ2) is 11.2. The highest BCUT2D eigenvalue weighted by Gasteiger charge is 2.18. The molecule has 0 spiro atoms. The van der Waals surface area contributed by atoms with Crippen LogP contribution in [-0.2, 0) is 0 Å². The Hall–Kier alpha value is -5.72. The Morgan fingerprint density at radius 2 is 0.500 bits per heavy atom. The van der Waals surface area contributed by atoms with Crippen LogP contribution in [0.1, 0.15) is 0 Å². The van der Waals surface area contributed by atoms with E-state index in [4.69, 9.17) is 0 Å². The van der Waals surface area contributed by atoms with Crippen LogP contribution in [-0.4, -0.2) is 0 Å². The fourth-order valence-corrected chi connectivity index (χ4v) is 6.62. The van der Waals surface area contributed by atoms with E-state index in [1.54, 1.807) is 0 Å². The van der Waals surface area contributed by atoms with Gasteiger partial charge in [-0.1, -0.05) is 182 Å². The predicted molar refractivity (Wildman–Crippen MR) is 189 cm³/mol. The average Bonchev–Trinajstić information content (AvgIpc) is 3.11. The average molecular weight is 559 g/mol. The highest BCUT2D eigenvalue weighted by Crippen LogP contribution is 2.46. The Morgan fingerprint density at radius 1 is 0.182 bits per heavy atom. The molecule has 0 radical (unpaired) electrons. The molecule has 8 aromatic rings. The van der Waals surface area contributed by atoms with Gasteiger partial charge in [-0.25, -0.2) is 0 Å². The molecule has 0 aliphatic carbocycles. The highest BCUT2D eigenvalue weighted by molar-refractivity contribution is 6.22. The van der Waals surface area contributed by atoms with Crippen LogP contribution in [0.25, 0.3) is 77.2 Å². The van der Waals surface area contributed by atoms with Crippen molar-refractivity contribution in [2.24, 2.45) is 0 Å². The van der Waals surface area contributed by atoms with E-state index >= 15 is 0 Å². The molecular weight excluding hydrogens is 528 g/mol. The second-order valence-corrected chi connectivity index (χ2v) is 11.3. The molecule has 206 valence electrons. The van der Waals surface area contributed by atoms with Gasteiger partial charge < -0.3 is 0 Å². The van der Waals surface area contributed by atoms with E-state index in [0.717, 1.165) is 0 Å². The second-order valence-electron chi connectivity index (χ2n) is 11.3. The number of fused-ring (bicyclic) bond motifs is 2. The molecule has 0 saturated carbocycles. The van der Waals surface area contributed by atoms with Crippen LogP contribution in [0.5, 0.6) is 0 Å². The maximum atomic E-state index is 2.28. The monoisotopic (exact) mass is 558 g/mol. The topological polar surface area (TPSA) is 0 Å². The molecule has 0 aliphatic heterocycles. The smallest absolute Gasteiger partial charge is 0.00201 e. The lowest BCUT2D eigenvalue weighted by Crippen LogP contribution is -1.92. The lowest BCUT2D eigenvalue weighted by atomic mass is 9.83. The minimum absolute atomic E-state index is 1.22. The third-order valence-electron chi connectivity index (χ3n) is 8.71. The Morgan fingerprint density at radius 3 is 0.977 bits per heavy atom. The molecule has 0 N–H and O–H groups in total. The minimum Gasteiger partial charge on any atom is -0.0622 e. The fourth-order valence-electron chi connectivity index (χ4n) is 6.62. The Bertz CT molecular complexity index is 2170. The lowest BCUT2D eigenvalue weighted by Gasteiger charge is -2.19. The summed E-state index contributed by atoms with van der Waals surface area (Å²) in [6, 6.07) is 65.8. The van der Waals surface area contributed by atoms with Crippen molar-refractivity contribution in [3.8, 4) is 55.6 Å². The van der Waals surface area contributed by atoms with Crippen LogP contribution in [0.3, 0.4) is 0 Å². The van der Waals surface area contributed by atoms with Crippen LogP contribution in [0, 0.1) is 0 Å². The van der Waals surface area contributed by atoms with E-state index in [1.165, 1.54) is 77.2 Å². The highest BCUT2D eigenvalue weighted by atomic mass is 14.2. The SMILES string of the molecule is c1ccc(-c2ccc(-c3ccc(-c4c5ccccc5c(-c5ccccc5-c5ccccc5)c5ccccc45)cc3)cc2)cc1. The molecule has 8 rings (SSSR count). The first-order valence-electron chi connectivity index (χ1n) is 15.2. The van der Waals surface area contributed by atoms with Crippen molar-refractivity contribution in [1.82, 2.24) is 0 Å². The van der Waals surface area contributed by atoms with Crippen molar-refractivity contribution in [2.75, 3.05) is 0 Å². The predicted octanol–water partition coefficient (Wildman–Crippen LogP) is 12.3. The van der Waals surface area contributed by atoms with Gasteiger partial charge in [0.15, 0.2) is 0 Å². The fraction of sp³-hybridized carbons (Fsp3) is 0. The van der Waals surface area contributed by atoms with Gasteiger partial charge in [0.1, 0.15) is 0 Å². The van der Waals surface area contributed by atoms with Gasteiger partial charge in [-0.15, -0.1) is 0 Å². The summed E-state index contributed by atoms with van der Waals surface area (Å²) >= 11 is 0. The summed E-state index contributed by atoms with van der Waals surface area (Å²) in [5.74, 6) is 0. The molecule has 0 saturated heterocycles. The zero-order valence-electron chi connectivity index (χ0n) is 24.3. The zero-order valence-corrected chi connectivity index (χ0v) is 24.3. The van der Waals surface area contributed by atoms with Gasteiger partial charge >= 0.3 is 0 Å². The molecule has 0 bridgehead atoms. The van der Waals surface area contributed by atoms with Gasteiger partial charge in [-0.05, 0) is 77.2 Å². The molecule has 8 aromatic carbocycles. The van der Waals surface area contributed by atoms with E-state index in [2.05, 4.69) is 182 Å². The molecule has 0 unspecified atom stereocenters. The Kier molecular flexibility index (Phi) is 6.59. The summed E-state index contributed by atoms with van der Waals surface area (Å²) in [6.07, 6.45) is 0. The molecule has 0 amide bonds. The van der Waals surface area contributed by atoms with Crippen molar-refractivity contribution in [2.45, 2.75) is 0 Å². The summed E-state index contributed by atoms with van der Waals surface area (Å²) in [7, 11) is 0. The zero-order chi connectivity index (χ0) is 29.3. The van der Waals surface area contributed by atoms with Crippen molar-refractivity contribution >= 4 is 21.5 Å². The molecule has 0 heterocycles. The molecule has 44 heavy (non-hydrogen) atoms. The minimum atomic E-state index is 1.22. The van der Waals surface area contributed by atoms with Gasteiger partial charge in [0, 0.05) is 0 Å². The first-order valence-corrected chi connectivity index (χ1v) is 15.2. The molecule has 0 fully saturated rings. The maximum absolute atomic E-state index is 2.28. The quantitative estimate of drug-likeness (QED) is 0.184. The van der Waals surface area contributed by atoms with Crippen LogP contribution >= 0.6 is 0 Å². The summed E-state index contributed by atoms with van der Waals surface area (Å²) < 4.78 is 0. The number of hydrogen-bond donors (Lipinski definition) is 0. The van der Waals surface area contributed by atoms with Crippen LogP contribution in [0.15, 0.2) is 182 Å². The Balaban J connectivity index is 1.28. The van der Waals surface area contributed by atoms with E-state index in [9.17, 15) is 0 Å². The molecular formula is C44H30. The molecule has 0 aliphatic rings. The van der Waals surface area contributed by atoms with Gasteiger partial charge in [-0.2, -0.15) is 0 Å². The standard InChI is InChI=1S/C44H30/c1-3-13-31(14-4-1)32-23-25-33(26-24-32)34-27-29-36(30-28-34)43-39-19-9-11-21-41(39)44(42-22-12-10-20-40(42)43)38-18-8-7-17-37(38)35-15-5-2-6-16-35/h1-30H.